The zero-order valence-electron chi connectivity index (χ0n) is 12.2. The summed E-state index contributed by atoms with van der Waals surface area (Å²) in [7, 11) is 0. The number of rotatable bonds is 5. The Bertz CT molecular complexity index is 525. The third-order valence-electron chi connectivity index (χ3n) is 3.14. The van der Waals surface area contributed by atoms with E-state index in [0.29, 0.717) is 6.04 Å². The minimum absolute atomic E-state index is 0.356. The predicted octanol–water partition coefficient (Wildman–Crippen LogP) is 3.96. The number of benzene rings is 1. The van der Waals surface area contributed by atoms with E-state index >= 15 is 0 Å². The molecule has 102 valence electrons. The van der Waals surface area contributed by atoms with E-state index in [4.69, 9.17) is 0 Å². The second-order valence-electron chi connectivity index (χ2n) is 5.12. The largest absolute Gasteiger partial charge is 0.310 e. The van der Waals surface area contributed by atoms with Crippen molar-refractivity contribution in [3.8, 4) is 0 Å². The number of aryl methyl sites for hydroxylation is 3. The maximum atomic E-state index is 4.58. The third kappa shape index (κ3) is 3.88. The number of hydrogen-bond donors (Lipinski definition) is 1. The van der Waals surface area contributed by atoms with Crippen molar-refractivity contribution in [3.63, 3.8) is 0 Å². The smallest absolute Gasteiger partial charge is 0.0947 e. The van der Waals surface area contributed by atoms with Gasteiger partial charge in [0.1, 0.15) is 0 Å². The molecule has 0 saturated carbocycles. The summed E-state index contributed by atoms with van der Waals surface area (Å²) in [6.45, 7) is 9.50. The van der Waals surface area contributed by atoms with Gasteiger partial charge in [-0.3, -0.25) is 0 Å². The molecule has 0 spiro atoms. The summed E-state index contributed by atoms with van der Waals surface area (Å²) < 4.78 is 0. The van der Waals surface area contributed by atoms with Gasteiger partial charge in [-0.1, -0.05) is 36.2 Å². The van der Waals surface area contributed by atoms with Crippen LogP contribution in [0.5, 0.6) is 0 Å². The molecule has 0 amide bonds. The number of aromatic nitrogens is 1. The van der Waals surface area contributed by atoms with Crippen LogP contribution in [0, 0.1) is 20.8 Å². The molecule has 2 nitrogen and oxygen atoms in total. The Hall–Kier alpha value is -1.19. The van der Waals surface area contributed by atoms with Crippen molar-refractivity contribution in [2.24, 2.45) is 0 Å². The van der Waals surface area contributed by atoms with Crippen LogP contribution in [0.25, 0.3) is 0 Å². The first-order chi connectivity index (χ1) is 9.08. The molecule has 0 fully saturated rings. The van der Waals surface area contributed by atoms with Gasteiger partial charge in [0, 0.05) is 23.5 Å². The fourth-order valence-corrected chi connectivity index (χ4v) is 3.26. The summed E-state index contributed by atoms with van der Waals surface area (Å²) in [5, 5.41) is 6.91. The highest BCUT2D eigenvalue weighted by atomic mass is 32.1. The molecule has 2 rings (SSSR count). The van der Waals surface area contributed by atoms with Crippen LogP contribution in [0.3, 0.4) is 0 Å². The van der Waals surface area contributed by atoms with Gasteiger partial charge in [-0.05, 0) is 32.9 Å². The summed E-state index contributed by atoms with van der Waals surface area (Å²) in [6.07, 6.45) is 0.968. The first-order valence-electron chi connectivity index (χ1n) is 6.81. The van der Waals surface area contributed by atoms with Crippen molar-refractivity contribution < 1.29 is 0 Å². The van der Waals surface area contributed by atoms with Gasteiger partial charge in [-0.25, -0.2) is 4.98 Å². The summed E-state index contributed by atoms with van der Waals surface area (Å²) in [5.41, 5.74) is 5.14. The van der Waals surface area contributed by atoms with E-state index in [1.165, 1.54) is 21.7 Å². The van der Waals surface area contributed by atoms with E-state index in [-0.39, 0.29) is 0 Å². The van der Waals surface area contributed by atoms with Crippen LogP contribution < -0.4 is 5.32 Å². The van der Waals surface area contributed by atoms with Crippen molar-refractivity contribution in [2.75, 3.05) is 6.54 Å². The molecule has 0 aliphatic heterocycles. The van der Waals surface area contributed by atoms with Crippen LogP contribution in [-0.2, 0) is 6.42 Å². The normalized spacial score (nSPS) is 12.6. The molecule has 1 atom stereocenters. The van der Waals surface area contributed by atoms with Crippen LogP contribution in [0.2, 0.25) is 0 Å². The summed E-state index contributed by atoms with van der Waals surface area (Å²) in [6, 6.07) is 7.14. The predicted molar refractivity (Wildman–Crippen MR) is 82.9 cm³/mol. The lowest BCUT2D eigenvalue weighted by atomic mass is 9.99. The minimum atomic E-state index is 0.356. The zero-order chi connectivity index (χ0) is 13.8. The van der Waals surface area contributed by atoms with Crippen molar-refractivity contribution in [2.45, 2.75) is 40.2 Å². The van der Waals surface area contributed by atoms with Crippen molar-refractivity contribution in [1.82, 2.24) is 10.3 Å². The molecule has 1 N–H and O–H groups in total. The molecule has 1 heterocycles. The van der Waals surface area contributed by atoms with Crippen LogP contribution in [0.1, 0.15) is 40.4 Å². The van der Waals surface area contributed by atoms with Gasteiger partial charge in [-0.2, -0.15) is 0 Å². The Balaban J connectivity index is 2.23. The van der Waals surface area contributed by atoms with Gasteiger partial charge in [0.2, 0.25) is 0 Å². The van der Waals surface area contributed by atoms with Gasteiger partial charge in [0.15, 0.2) is 0 Å². The molecule has 0 aliphatic carbocycles. The van der Waals surface area contributed by atoms with Crippen LogP contribution in [0.4, 0.5) is 0 Å². The second kappa shape index (κ2) is 6.31. The van der Waals surface area contributed by atoms with Gasteiger partial charge < -0.3 is 5.32 Å². The number of thiazole rings is 1. The number of likely N-dealkylation sites (N-methyl/N-ethyl adjacent to an activating group) is 1. The highest BCUT2D eigenvalue weighted by Gasteiger charge is 2.13. The Morgan fingerprint density at radius 2 is 1.84 bits per heavy atom. The molecule has 2 aromatic rings. The second-order valence-corrected chi connectivity index (χ2v) is 6.06. The minimum Gasteiger partial charge on any atom is -0.310 e. The number of nitrogens with one attached hydrogen (secondary N) is 1. The first-order valence-corrected chi connectivity index (χ1v) is 7.69. The quantitative estimate of drug-likeness (QED) is 0.892. The lowest BCUT2D eigenvalue weighted by Crippen LogP contribution is -2.23. The molecule has 0 aliphatic rings. The SMILES string of the molecule is CCNC(Cc1nc(C)cs1)c1cc(C)cc(C)c1. The monoisotopic (exact) mass is 274 g/mol. The standard InChI is InChI=1S/C16H22N2S/c1-5-17-15(9-16-18-13(4)10-19-16)14-7-11(2)6-12(3)8-14/h6-8,10,15,17H,5,9H2,1-4H3. The fraction of sp³-hybridized carbons (Fsp3) is 0.438. The van der Waals surface area contributed by atoms with Crippen molar-refractivity contribution >= 4 is 11.3 Å². The van der Waals surface area contributed by atoms with Gasteiger partial charge >= 0.3 is 0 Å². The zero-order valence-corrected chi connectivity index (χ0v) is 13.0. The third-order valence-corrected chi connectivity index (χ3v) is 4.13. The summed E-state index contributed by atoms with van der Waals surface area (Å²) in [4.78, 5) is 4.58. The van der Waals surface area contributed by atoms with E-state index in [1.54, 1.807) is 11.3 Å². The maximum Gasteiger partial charge on any atom is 0.0947 e. The van der Waals surface area contributed by atoms with E-state index < -0.39 is 0 Å². The molecule has 0 bridgehead atoms. The molecular formula is C16H22N2S. The molecule has 19 heavy (non-hydrogen) atoms. The molecule has 1 aromatic heterocycles. The van der Waals surface area contributed by atoms with E-state index in [2.05, 4.69) is 61.6 Å². The molecule has 0 radical (unpaired) electrons. The molecule has 1 unspecified atom stereocenters. The molecular weight excluding hydrogens is 252 g/mol. The lowest BCUT2D eigenvalue weighted by Gasteiger charge is -2.18. The molecule has 1 aromatic carbocycles. The molecule has 3 heteroatoms. The topological polar surface area (TPSA) is 24.9 Å². The summed E-state index contributed by atoms with van der Waals surface area (Å²) >= 11 is 1.76. The van der Waals surface area contributed by atoms with E-state index in [0.717, 1.165) is 18.7 Å². The van der Waals surface area contributed by atoms with Crippen LogP contribution >= 0.6 is 11.3 Å². The Morgan fingerprint density at radius 3 is 2.37 bits per heavy atom. The average molecular weight is 274 g/mol. The highest BCUT2D eigenvalue weighted by Crippen LogP contribution is 2.22. The van der Waals surface area contributed by atoms with Gasteiger partial charge in [0.05, 0.1) is 5.01 Å². The maximum absolute atomic E-state index is 4.58. The van der Waals surface area contributed by atoms with Crippen LogP contribution in [-0.4, -0.2) is 11.5 Å². The number of nitrogens with zero attached hydrogens (tertiary/aromatic N) is 1. The van der Waals surface area contributed by atoms with Gasteiger partial charge in [0.25, 0.3) is 0 Å². The highest BCUT2D eigenvalue weighted by molar-refractivity contribution is 7.09. The summed E-state index contributed by atoms with van der Waals surface area (Å²) in [5.74, 6) is 0. The average Bonchev–Trinajstić information content (AvgIpc) is 2.73. The van der Waals surface area contributed by atoms with Crippen molar-refractivity contribution in [3.05, 3.63) is 51.0 Å². The van der Waals surface area contributed by atoms with E-state index in [9.17, 15) is 0 Å². The Kier molecular flexibility index (Phi) is 4.72. The first kappa shape index (κ1) is 14.2. The van der Waals surface area contributed by atoms with Crippen LogP contribution in [0.15, 0.2) is 23.6 Å². The Labute approximate surface area is 119 Å². The molecule has 0 saturated heterocycles. The number of hydrogen-bond acceptors (Lipinski definition) is 3. The Morgan fingerprint density at radius 1 is 1.16 bits per heavy atom. The van der Waals surface area contributed by atoms with Crippen molar-refractivity contribution in [1.29, 1.82) is 0 Å². The fourth-order valence-electron chi connectivity index (χ4n) is 2.44. The van der Waals surface area contributed by atoms with Gasteiger partial charge in [-0.15, -0.1) is 11.3 Å². The van der Waals surface area contributed by atoms with E-state index in [1.807, 2.05) is 0 Å². The lowest BCUT2D eigenvalue weighted by molar-refractivity contribution is 0.548.